The zero-order valence-corrected chi connectivity index (χ0v) is 18.7. The van der Waals surface area contributed by atoms with E-state index in [4.69, 9.17) is 4.74 Å². The maximum absolute atomic E-state index is 15.4. The summed E-state index contributed by atoms with van der Waals surface area (Å²) in [4.78, 5) is 40.8. The van der Waals surface area contributed by atoms with Gasteiger partial charge in [0, 0.05) is 37.9 Å². The molecule has 5 rings (SSSR count). The molecule has 0 radical (unpaired) electrons. The van der Waals surface area contributed by atoms with Gasteiger partial charge in [-0.15, -0.1) is 0 Å². The Morgan fingerprint density at radius 2 is 1.85 bits per heavy atom. The Morgan fingerprint density at radius 3 is 2.53 bits per heavy atom. The lowest BCUT2D eigenvalue weighted by Gasteiger charge is -2.38. The molecule has 0 unspecified atom stereocenters. The molecule has 0 bridgehead atoms. The number of piperazine rings is 1. The van der Waals surface area contributed by atoms with Crippen molar-refractivity contribution in [1.82, 2.24) is 9.47 Å². The number of ether oxygens (including phenoxy) is 1. The van der Waals surface area contributed by atoms with Crippen molar-refractivity contribution in [2.24, 2.45) is 0 Å². The minimum atomic E-state index is -1.35. The fourth-order valence-electron chi connectivity index (χ4n) is 4.71. The number of aromatic nitrogens is 1. The van der Waals surface area contributed by atoms with Crippen molar-refractivity contribution in [3.05, 3.63) is 69.8 Å². The van der Waals surface area contributed by atoms with E-state index in [-0.39, 0.29) is 41.8 Å². The van der Waals surface area contributed by atoms with Gasteiger partial charge in [-0.25, -0.2) is 9.18 Å². The van der Waals surface area contributed by atoms with Crippen LogP contribution in [0.2, 0.25) is 0 Å². The van der Waals surface area contributed by atoms with Gasteiger partial charge in [-0.05, 0) is 13.0 Å². The van der Waals surface area contributed by atoms with E-state index in [9.17, 15) is 19.5 Å². The van der Waals surface area contributed by atoms with Crippen molar-refractivity contribution in [1.29, 1.82) is 0 Å². The minimum absolute atomic E-state index is 0.00482. The van der Waals surface area contributed by atoms with Crippen LogP contribution in [0.5, 0.6) is 5.75 Å². The molecule has 1 fully saturated rings. The second-order valence-corrected chi connectivity index (χ2v) is 8.73. The van der Waals surface area contributed by atoms with Crippen LogP contribution in [0.25, 0.3) is 10.9 Å². The van der Waals surface area contributed by atoms with Crippen molar-refractivity contribution in [3.63, 3.8) is 0 Å². The van der Waals surface area contributed by atoms with Crippen molar-refractivity contribution in [2.45, 2.75) is 13.0 Å². The normalized spacial score (nSPS) is 18.1. The predicted octanol–water partition coefficient (Wildman–Crippen LogP) is 2.80. The molecule has 9 heteroatoms. The van der Waals surface area contributed by atoms with E-state index in [2.05, 4.69) is 0 Å². The maximum Gasteiger partial charge on any atom is 0.341 e. The van der Waals surface area contributed by atoms with Gasteiger partial charge in [-0.2, -0.15) is 0 Å². The van der Waals surface area contributed by atoms with E-state index in [0.717, 1.165) is 6.07 Å². The van der Waals surface area contributed by atoms with Gasteiger partial charge in [0.2, 0.25) is 5.43 Å². The molecule has 3 aromatic rings. The molecular formula is C25H24FN3O5. The summed E-state index contributed by atoms with van der Waals surface area (Å²) in [5, 5.41) is 9.43. The SMILES string of the molecule is C[C@H]1COc2c(N3CCN(CC(=O)c4ccccc4)CC3)c(F)cc3c(=O)c(C(=O)O)cn1c23. The second-order valence-electron chi connectivity index (χ2n) is 8.73. The number of carboxylic acids is 1. The minimum Gasteiger partial charge on any atom is -0.487 e. The van der Waals surface area contributed by atoms with Gasteiger partial charge >= 0.3 is 5.97 Å². The van der Waals surface area contributed by atoms with Crippen molar-refractivity contribution < 1.29 is 23.8 Å². The first-order valence-electron chi connectivity index (χ1n) is 11.2. The van der Waals surface area contributed by atoms with Gasteiger partial charge in [0.05, 0.1) is 23.5 Å². The Balaban J connectivity index is 1.45. The van der Waals surface area contributed by atoms with E-state index in [1.54, 1.807) is 16.7 Å². The molecule has 2 aromatic carbocycles. The summed E-state index contributed by atoms with van der Waals surface area (Å²) < 4.78 is 23.0. The molecule has 0 aliphatic carbocycles. The number of carbonyl (C=O) groups is 2. The van der Waals surface area contributed by atoms with Crippen molar-refractivity contribution in [2.75, 3.05) is 44.2 Å². The van der Waals surface area contributed by atoms with Gasteiger partial charge in [-0.1, -0.05) is 30.3 Å². The summed E-state index contributed by atoms with van der Waals surface area (Å²) in [7, 11) is 0. The number of pyridine rings is 1. The molecule has 0 spiro atoms. The molecule has 1 N–H and O–H groups in total. The third-order valence-electron chi connectivity index (χ3n) is 6.52. The van der Waals surface area contributed by atoms with E-state index in [1.165, 1.54) is 6.20 Å². The molecule has 0 saturated carbocycles. The van der Waals surface area contributed by atoms with E-state index in [1.807, 2.05) is 34.9 Å². The molecule has 0 amide bonds. The summed E-state index contributed by atoms with van der Waals surface area (Å²) in [6.45, 7) is 4.46. The third kappa shape index (κ3) is 3.71. The quantitative estimate of drug-likeness (QED) is 0.580. The highest BCUT2D eigenvalue weighted by molar-refractivity contribution is 5.98. The highest BCUT2D eigenvalue weighted by Crippen LogP contribution is 2.42. The first-order chi connectivity index (χ1) is 16.3. The van der Waals surface area contributed by atoms with Crippen LogP contribution >= 0.6 is 0 Å². The number of hydrogen-bond acceptors (Lipinski definition) is 6. The monoisotopic (exact) mass is 465 g/mol. The number of aromatic carboxylic acids is 1. The zero-order valence-electron chi connectivity index (χ0n) is 18.7. The summed E-state index contributed by atoms with van der Waals surface area (Å²) in [6, 6.07) is 10.0. The summed E-state index contributed by atoms with van der Waals surface area (Å²) >= 11 is 0. The number of hydrogen-bond donors (Lipinski definition) is 1. The molecule has 8 nitrogen and oxygen atoms in total. The molecule has 176 valence electrons. The van der Waals surface area contributed by atoms with Crippen LogP contribution in [0.4, 0.5) is 10.1 Å². The third-order valence-corrected chi connectivity index (χ3v) is 6.52. The molecule has 2 aliphatic rings. The highest BCUT2D eigenvalue weighted by Gasteiger charge is 2.31. The smallest absolute Gasteiger partial charge is 0.341 e. The van der Waals surface area contributed by atoms with Crippen molar-refractivity contribution >= 4 is 28.3 Å². The Bertz CT molecular complexity index is 1350. The molecule has 1 aromatic heterocycles. The fraction of sp³-hybridized carbons (Fsp3) is 0.320. The molecule has 3 heterocycles. The van der Waals surface area contributed by atoms with Crippen LogP contribution in [-0.2, 0) is 0 Å². The molecule has 34 heavy (non-hydrogen) atoms. The number of benzene rings is 2. The lowest BCUT2D eigenvalue weighted by molar-refractivity contribution is 0.0694. The first kappa shape index (κ1) is 22.1. The standard InChI is InChI=1S/C25H24FN3O5/c1-15-14-34-24-21-17(23(31)18(25(32)33)12-29(15)21)11-19(26)22(24)28-9-7-27(8-10-28)13-20(30)16-5-3-2-4-6-16/h2-6,11-12,15H,7-10,13-14H2,1H3,(H,32,33)/t15-/m0/s1. The molecular weight excluding hydrogens is 441 g/mol. The van der Waals surface area contributed by atoms with E-state index < -0.39 is 22.8 Å². The predicted molar refractivity (Wildman–Crippen MR) is 125 cm³/mol. The summed E-state index contributed by atoms with van der Waals surface area (Å²) in [6.07, 6.45) is 1.32. The lowest BCUT2D eigenvalue weighted by atomic mass is 10.1. The average Bonchev–Trinajstić information content (AvgIpc) is 2.83. The number of rotatable bonds is 5. The largest absolute Gasteiger partial charge is 0.487 e. The Labute approximate surface area is 194 Å². The van der Waals surface area contributed by atoms with Crippen molar-refractivity contribution in [3.8, 4) is 5.75 Å². The summed E-state index contributed by atoms with van der Waals surface area (Å²) in [5.74, 6) is -1.67. The number of halogens is 1. The molecule has 2 aliphatic heterocycles. The number of carbonyl (C=O) groups excluding carboxylic acids is 1. The van der Waals surface area contributed by atoms with Crippen LogP contribution in [-0.4, -0.2) is 65.7 Å². The van der Waals surface area contributed by atoms with Crippen LogP contribution in [0, 0.1) is 5.82 Å². The lowest BCUT2D eigenvalue weighted by Crippen LogP contribution is -2.48. The zero-order chi connectivity index (χ0) is 24.0. The number of nitrogens with zero attached hydrogens (tertiary/aromatic N) is 3. The van der Waals surface area contributed by atoms with Crippen LogP contribution in [0.3, 0.4) is 0 Å². The van der Waals surface area contributed by atoms with Gasteiger partial charge in [0.15, 0.2) is 17.3 Å². The fourth-order valence-corrected chi connectivity index (χ4v) is 4.71. The molecule has 1 saturated heterocycles. The number of ketones is 1. The topological polar surface area (TPSA) is 92.1 Å². The average molecular weight is 465 g/mol. The number of carboxylic acid groups (broad SMARTS) is 1. The Hall–Kier alpha value is -3.72. The second kappa shape index (κ2) is 8.57. The summed E-state index contributed by atoms with van der Waals surface area (Å²) in [5.41, 5.74) is 0.219. The van der Waals surface area contributed by atoms with Gasteiger partial charge < -0.3 is 19.3 Å². The maximum atomic E-state index is 15.4. The first-order valence-corrected chi connectivity index (χ1v) is 11.2. The van der Waals surface area contributed by atoms with Crippen LogP contribution in [0.1, 0.15) is 33.7 Å². The van der Waals surface area contributed by atoms with Gasteiger partial charge in [0.25, 0.3) is 0 Å². The highest BCUT2D eigenvalue weighted by atomic mass is 19.1. The Morgan fingerprint density at radius 1 is 1.15 bits per heavy atom. The number of anilines is 1. The van der Waals surface area contributed by atoms with E-state index in [0.29, 0.717) is 37.3 Å². The number of Topliss-reactive ketones (excluding diaryl/α,β-unsaturated/α-hetero) is 1. The van der Waals surface area contributed by atoms with Crippen LogP contribution < -0.4 is 15.1 Å². The van der Waals surface area contributed by atoms with E-state index >= 15 is 4.39 Å². The van der Waals surface area contributed by atoms with Crippen LogP contribution in [0.15, 0.2) is 47.4 Å². The van der Waals surface area contributed by atoms with Gasteiger partial charge in [0.1, 0.15) is 17.9 Å². The van der Waals surface area contributed by atoms with Gasteiger partial charge in [-0.3, -0.25) is 14.5 Å². The molecule has 1 atom stereocenters. The Kier molecular flexibility index (Phi) is 5.57.